The summed E-state index contributed by atoms with van der Waals surface area (Å²) >= 11 is 3.32. The van der Waals surface area contributed by atoms with Crippen LogP contribution in [0.1, 0.15) is 21.7 Å². The summed E-state index contributed by atoms with van der Waals surface area (Å²) in [4.78, 5) is 18.3. The molecule has 4 nitrogen and oxygen atoms in total. The van der Waals surface area contributed by atoms with E-state index in [0.29, 0.717) is 17.8 Å². The monoisotopic (exact) mass is 333 g/mol. The van der Waals surface area contributed by atoms with Crippen molar-refractivity contribution < 1.29 is 4.79 Å². The van der Waals surface area contributed by atoms with Crippen molar-refractivity contribution in [3.8, 4) is 0 Å². The zero-order valence-electron chi connectivity index (χ0n) is 11.4. The summed E-state index contributed by atoms with van der Waals surface area (Å²) in [7, 11) is 1.75. The number of hydrogen-bond donors (Lipinski definition) is 1. The minimum Gasteiger partial charge on any atom is -0.398 e. The van der Waals surface area contributed by atoms with Gasteiger partial charge in [-0.05, 0) is 53.2 Å². The molecule has 0 fully saturated rings. The van der Waals surface area contributed by atoms with Crippen molar-refractivity contribution >= 4 is 27.5 Å². The fourth-order valence-electron chi connectivity index (χ4n) is 1.90. The molecule has 0 bridgehead atoms. The summed E-state index contributed by atoms with van der Waals surface area (Å²) in [5.74, 6) is -0.0764. The Hall–Kier alpha value is -1.88. The highest BCUT2D eigenvalue weighted by Gasteiger charge is 2.13. The normalized spacial score (nSPS) is 10.3. The molecule has 1 aromatic heterocycles. The highest BCUT2D eigenvalue weighted by Crippen LogP contribution is 2.21. The molecule has 0 unspecified atom stereocenters. The number of carbonyl (C=O) groups is 1. The van der Waals surface area contributed by atoms with Crippen LogP contribution in [0, 0.1) is 6.92 Å². The van der Waals surface area contributed by atoms with Gasteiger partial charge in [-0.25, -0.2) is 0 Å². The van der Waals surface area contributed by atoms with Gasteiger partial charge in [-0.2, -0.15) is 0 Å². The Kier molecular flexibility index (Phi) is 4.39. The topological polar surface area (TPSA) is 59.2 Å². The number of halogens is 1. The number of benzene rings is 1. The van der Waals surface area contributed by atoms with E-state index in [4.69, 9.17) is 5.73 Å². The maximum Gasteiger partial charge on any atom is 0.254 e. The van der Waals surface area contributed by atoms with Gasteiger partial charge in [-0.15, -0.1) is 0 Å². The molecule has 2 aromatic rings. The Morgan fingerprint density at radius 1 is 1.35 bits per heavy atom. The maximum absolute atomic E-state index is 12.3. The largest absolute Gasteiger partial charge is 0.398 e. The lowest BCUT2D eigenvalue weighted by atomic mass is 10.1. The third-order valence-corrected chi connectivity index (χ3v) is 3.66. The summed E-state index contributed by atoms with van der Waals surface area (Å²) in [6.45, 7) is 2.40. The number of aryl methyl sites for hydroxylation is 1. The van der Waals surface area contributed by atoms with Gasteiger partial charge in [-0.1, -0.05) is 6.07 Å². The van der Waals surface area contributed by atoms with Crippen LogP contribution in [-0.2, 0) is 6.54 Å². The quantitative estimate of drug-likeness (QED) is 0.878. The number of anilines is 1. The van der Waals surface area contributed by atoms with Crippen LogP contribution in [0.3, 0.4) is 0 Å². The molecule has 0 aliphatic carbocycles. The second-order valence-corrected chi connectivity index (χ2v) is 5.52. The number of rotatable bonds is 3. The Morgan fingerprint density at radius 3 is 2.75 bits per heavy atom. The summed E-state index contributed by atoms with van der Waals surface area (Å²) in [5.41, 5.74) is 8.73. The van der Waals surface area contributed by atoms with E-state index in [9.17, 15) is 4.79 Å². The summed E-state index contributed by atoms with van der Waals surface area (Å²) in [6.07, 6.45) is 0. The minimum absolute atomic E-state index is 0.0764. The Labute approximate surface area is 126 Å². The summed E-state index contributed by atoms with van der Waals surface area (Å²) in [5, 5.41) is 0. The zero-order chi connectivity index (χ0) is 14.7. The number of nitrogens with zero attached hydrogens (tertiary/aromatic N) is 2. The summed E-state index contributed by atoms with van der Waals surface area (Å²) < 4.78 is 0.789. The van der Waals surface area contributed by atoms with Gasteiger partial charge >= 0.3 is 0 Å². The highest BCUT2D eigenvalue weighted by atomic mass is 79.9. The molecule has 2 N–H and O–H groups in total. The molecule has 0 saturated carbocycles. The number of pyridine rings is 1. The first-order valence-corrected chi connectivity index (χ1v) is 6.99. The lowest BCUT2D eigenvalue weighted by molar-refractivity contribution is 0.0783. The van der Waals surface area contributed by atoms with E-state index in [-0.39, 0.29) is 5.91 Å². The molecule has 1 amide bonds. The standard InChI is InChI=1S/C15H16BrN3O/c1-10-4-3-5-12(18-10)9-19(2)15(20)11-6-7-13(16)14(17)8-11/h3-8H,9,17H2,1-2H3. The van der Waals surface area contributed by atoms with Crippen LogP contribution in [0.2, 0.25) is 0 Å². The molecule has 1 heterocycles. The van der Waals surface area contributed by atoms with Crippen molar-refractivity contribution in [2.24, 2.45) is 0 Å². The molecule has 0 aliphatic heterocycles. The van der Waals surface area contributed by atoms with E-state index in [2.05, 4.69) is 20.9 Å². The fraction of sp³-hybridized carbons (Fsp3) is 0.200. The molecule has 1 aromatic carbocycles. The van der Waals surface area contributed by atoms with Gasteiger partial charge in [0.1, 0.15) is 0 Å². The number of nitrogen functional groups attached to an aromatic ring is 1. The Balaban J connectivity index is 2.14. The van der Waals surface area contributed by atoms with Crippen LogP contribution in [0.25, 0.3) is 0 Å². The van der Waals surface area contributed by atoms with E-state index >= 15 is 0 Å². The molecule has 0 aliphatic rings. The predicted octanol–water partition coefficient (Wildman–Crippen LogP) is 3.01. The third-order valence-electron chi connectivity index (χ3n) is 2.93. The SMILES string of the molecule is Cc1cccc(CN(C)C(=O)c2ccc(Br)c(N)c2)n1. The molecule has 104 valence electrons. The molecule has 0 saturated heterocycles. The molecular formula is C15H16BrN3O. The highest BCUT2D eigenvalue weighted by molar-refractivity contribution is 9.10. The van der Waals surface area contributed by atoms with Crippen LogP contribution in [0.15, 0.2) is 40.9 Å². The van der Waals surface area contributed by atoms with E-state index in [0.717, 1.165) is 15.9 Å². The molecule has 5 heteroatoms. The number of carbonyl (C=O) groups excluding carboxylic acids is 1. The van der Waals surface area contributed by atoms with Gasteiger partial charge in [0.25, 0.3) is 5.91 Å². The number of nitrogens with two attached hydrogens (primary N) is 1. The first kappa shape index (κ1) is 14.5. The van der Waals surface area contributed by atoms with Crippen molar-refractivity contribution in [2.75, 3.05) is 12.8 Å². The van der Waals surface area contributed by atoms with E-state index < -0.39 is 0 Å². The van der Waals surface area contributed by atoms with Crippen LogP contribution >= 0.6 is 15.9 Å². The number of amides is 1. The second-order valence-electron chi connectivity index (χ2n) is 4.67. The average molecular weight is 334 g/mol. The average Bonchev–Trinajstić information content (AvgIpc) is 2.41. The molecule has 0 spiro atoms. The lowest BCUT2D eigenvalue weighted by Gasteiger charge is -2.17. The molecule has 20 heavy (non-hydrogen) atoms. The van der Waals surface area contributed by atoms with Gasteiger partial charge in [0.2, 0.25) is 0 Å². The predicted molar refractivity (Wildman–Crippen MR) is 83.3 cm³/mol. The van der Waals surface area contributed by atoms with Crippen molar-refractivity contribution in [3.63, 3.8) is 0 Å². The van der Waals surface area contributed by atoms with Crippen molar-refractivity contribution in [2.45, 2.75) is 13.5 Å². The molecular weight excluding hydrogens is 318 g/mol. The first-order chi connectivity index (χ1) is 9.47. The van der Waals surface area contributed by atoms with Crippen LogP contribution in [0.4, 0.5) is 5.69 Å². The fourth-order valence-corrected chi connectivity index (χ4v) is 2.15. The van der Waals surface area contributed by atoms with E-state index in [1.165, 1.54) is 0 Å². The van der Waals surface area contributed by atoms with Gasteiger partial charge in [-0.3, -0.25) is 9.78 Å². The minimum atomic E-state index is -0.0764. The van der Waals surface area contributed by atoms with Crippen LogP contribution in [-0.4, -0.2) is 22.8 Å². The van der Waals surface area contributed by atoms with Gasteiger partial charge in [0, 0.05) is 28.5 Å². The van der Waals surface area contributed by atoms with Gasteiger partial charge in [0.15, 0.2) is 0 Å². The maximum atomic E-state index is 12.3. The second kappa shape index (κ2) is 6.05. The Bertz CT molecular complexity index is 643. The van der Waals surface area contributed by atoms with Crippen LogP contribution < -0.4 is 5.73 Å². The molecule has 2 rings (SSSR count). The first-order valence-electron chi connectivity index (χ1n) is 6.20. The van der Waals surface area contributed by atoms with Crippen molar-refractivity contribution in [3.05, 3.63) is 57.8 Å². The third kappa shape index (κ3) is 3.36. The lowest BCUT2D eigenvalue weighted by Crippen LogP contribution is -2.26. The number of aromatic nitrogens is 1. The number of hydrogen-bond acceptors (Lipinski definition) is 3. The summed E-state index contributed by atoms with van der Waals surface area (Å²) in [6, 6.07) is 11.0. The van der Waals surface area contributed by atoms with Crippen LogP contribution in [0.5, 0.6) is 0 Å². The van der Waals surface area contributed by atoms with Crippen molar-refractivity contribution in [1.82, 2.24) is 9.88 Å². The molecule has 0 radical (unpaired) electrons. The van der Waals surface area contributed by atoms with Gasteiger partial charge in [0.05, 0.1) is 12.2 Å². The Morgan fingerprint density at radius 2 is 2.10 bits per heavy atom. The smallest absolute Gasteiger partial charge is 0.254 e. The molecule has 0 atom stereocenters. The zero-order valence-corrected chi connectivity index (χ0v) is 13.0. The van der Waals surface area contributed by atoms with E-state index in [1.807, 2.05) is 25.1 Å². The van der Waals surface area contributed by atoms with Crippen molar-refractivity contribution in [1.29, 1.82) is 0 Å². The van der Waals surface area contributed by atoms with Gasteiger partial charge < -0.3 is 10.6 Å². The van der Waals surface area contributed by atoms with E-state index in [1.54, 1.807) is 30.1 Å².